The quantitative estimate of drug-likeness (QED) is 0.538. The highest BCUT2D eigenvalue weighted by atomic mass is 16.5. The Morgan fingerprint density at radius 1 is 1.14 bits per heavy atom. The van der Waals surface area contributed by atoms with Gasteiger partial charge in [-0.15, -0.1) is 0 Å². The Kier molecular flexibility index (Phi) is 7.00. The van der Waals surface area contributed by atoms with Crippen molar-refractivity contribution >= 4 is 17.5 Å². The molecule has 0 saturated heterocycles. The van der Waals surface area contributed by atoms with Crippen molar-refractivity contribution in [2.24, 2.45) is 0 Å². The van der Waals surface area contributed by atoms with Crippen LogP contribution in [0.25, 0.3) is 11.3 Å². The Bertz CT molecular complexity index is 937. The van der Waals surface area contributed by atoms with Crippen molar-refractivity contribution in [2.75, 3.05) is 18.5 Å². The van der Waals surface area contributed by atoms with Crippen LogP contribution in [0.15, 0.2) is 65.5 Å². The molecule has 2 N–H and O–H groups in total. The molecule has 0 aliphatic carbocycles. The number of amides is 2. The first-order valence-electron chi connectivity index (χ1n) is 9.45. The Hall–Kier alpha value is -3.61. The summed E-state index contributed by atoms with van der Waals surface area (Å²) in [5, 5.41) is 5.37. The molecule has 2 aromatic carbocycles. The Labute approximate surface area is 169 Å². The van der Waals surface area contributed by atoms with Gasteiger partial charge < -0.3 is 19.8 Å². The minimum Gasteiger partial charge on any atom is -0.494 e. The molecule has 2 amide bonds. The lowest BCUT2D eigenvalue weighted by atomic mass is 10.1. The molecule has 0 unspecified atom stereocenters. The van der Waals surface area contributed by atoms with Crippen LogP contribution in [0.3, 0.4) is 0 Å². The second-order valence-electron chi connectivity index (χ2n) is 6.40. The van der Waals surface area contributed by atoms with Crippen LogP contribution in [0.4, 0.5) is 5.69 Å². The van der Waals surface area contributed by atoms with Crippen molar-refractivity contribution in [3.05, 3.63) is 66.7 Å². The highest BCUT2D eigenvalue weighted by Gasteiger charge is 2.10. The molecule has 7 nitrogen and oxygen atoms in total. The van der Waals surface area contributed by atoms with Crippen LogP contribution in [0.5, 0.6) is 5.75 Å². The molecule has 0 bridgehead atoms. The first-order chi connectivity index (χ1) is 14.2. The summed E-state index contributed by atoms with van der Waals surface area (Å²) >= 11 is 0. The zero-order valence-corrected chi connectivity index (χ0v) is 16.2. The maximum absolute atomic E-state index is 12.2. The van der Waals surface area contributed by atoms with Crippen molar-refractivity contribution < 1.29 is 18.7 Å². The number of rotatable bonds is 9. The Morgan fingerprint density at radius 3 is 2.69 bits per heavy atom. The number of ether oxygens (including phenoxy) is 1. The van der Waals surface area contributed by atoms with Gasteiger partial charge in [0.05, 0.1) is 19.3 Å². The Morgan fingerprint density at radius 2 is 1.97 bits per heavy atom. The largest absolute Gasteiger partial charge is 0.494 e. The summed E-state index contributed by atoms with van der Waals surface area (Å²) in [5.41, 5.74) is 1.87. The smallest absolute Gasteiger partial charge is 0.251 e. The molecular formula is C22H23N3O4. The lowest BCUT2D eigenvalue weighted by molar-refractivity contribution is -0.115. The third-order valence-electron chi connectivity index (χ3n) is 4.16. The van der Waals surface area contributed by atoms with E-state index in [1.54, 1.807) is 48.7 Å². The average Bonchev–Trinajstić information content (AvgIpc) is 3.28. The Balaban J connectivity index is 1.49. The molecule has 1 heterocycles. The topological polar surface area (TPSA) is 93.5 Å². The first kappa shape index (κ1) is 20.1. The van der Waals surface area contributed by atoms with Gasteiger partial charge in [0.2, 0.25) is 5.91 Å². The monoisotopic (exact) mass is 393 g/mol. The lowest BCUT2D eigenvalue weighted by Crippen LogP contribution is -2.32. The van der Waals surface area contributed by atoms with Gasteiger partial charge in [0, 0.05) is 16.8 Å². The molecule has 150 valence electrons. The van der Waals surface area contributed by atoms with E-state index in [4.69, 9.17) is 9.15 Å². The molecule has 0 fully saturated rings. The fourth-order valence-electron chi connectivity index (χ4n) is 2.61. The number of hydrogen-bond acceptors (Lipinski definition) is 5. The minimum atomic E-state index is -0.326. The average molecular weight is 393 g/mol. The SMILES string of the molecule is CCCCOc1ccc(C(=O)NCC(=O)Nc2cccc(-c3cnco3)c2)cc1. The van der Waals surface area contributed by atoms with Gasteiger partial charge in [0.15, 0.2) is 12.2 Å². The third kappa shape index (κ3) is 5.93. The van der Waals surface area contributed by atoms with E-state index in [-0.39, 0.29) is 18.4 Å². The molecule has 0 aliphatic heterocycles. The number of nitrogens with zero attached hydrogens (tertiary/aromatic N) is 1. The molecule has 3 aromatic rings. The summed E-state index contributed by atoms with van der Waals surface area (Å²) in [5.74, 6) is 0.680. The van der Waals surface area contributed by atoms with Crippen LogP contribution < -0.4 is 15.4 Å². The van der Waals surface area contributed by atoms with Gasteiger partial charge in [-0.3, -0.25) is 9.59 Å². The molecule has 0 spiro atoms. The predicted octanol–water partition coefficient (Wildman–Crippen LogP) is 3.89. The van der Waals surface area contributed by atoms with E-state index in [2.05, 4.69) is 22.5 Å². The molecule has 0 radical (unpaired) electrons. The summed E-state index contributed by atoms with van der Waals surface area (Å²) < 4.78 is 10.8. The summed E-state index contributed by atoms with van der Waals surface area (Å²) in [6.45, 7) is 2.61. The highest BCUT2D eigenvalue weighted by molar-refractivity contribution is 5.99. The number of hydrogen-bond donors (Lipinski definition) is 2. The van der Waals surface area contributed by atoms with Crippen molar-refractivity contribution in [3.8, 4) is 17.1 Å². The standard InChI is InChI=1S/C22H23N3O4/c1-2-3-11-28-19-9-7-16(8-10-19)22(27)24-14-21(26)25-18-6-4-5-17(12-18)20-13-23-15-29-20/h4-10,12-13,15H,2-3,11,14H2,1H3,(H,24,27)(H,25,26). The van der Waals surface area contributed by atoms with Crippen LogP contribution in [-0.4, -0.2) is 29.9 Å². The normalized spacial score (nSPS) is 10.4. The van der Waals surface area contributed by atoms with Gasteiger partial charge in [0.1, 0.15) is 5.75 Å². The highest BCUT2D eigenvalue weighted by Crippen LogP contribution is 2.22. The molecule has 7 heteroatoms. The van der Waals surface area contributed by atoms with Gasteiger partial charge >= 0.3 is 0 Å². The van der Waals surface area contributed by atoms with E-state index in [9.17, 15) is 9.59 Å². The van der Waals surface area contributed by atoms with Crippen LogP contribution in [0.2, 0.25) is 0 Å². The maximum atomic E-state index is 12.2. The number of benzene rings is 2. The zero-order chi connectivity index (χ0) is 20.5. The molecule has 0 saturated carbocycles. The van der Waals surface area contributed by atoms with Crippen molar-refractivity contribution in [1.82, 2.24) is 10.3 Å². The molecule has 1 aromatic heterocycles. The predicted molar refractivity (Wildman–Crippen MR) is 110 cm³/mol. The van der Waals surface area contributed by atoms with Gasteiger partial charge in [-0.2, -0.15) is 0 Å². The number of aromatic nitrogens is 1. The van der Waals surface area contributed by atoms with Crippen molar-refractivity contribution in [1.29, 1.82) is 0 Å². The minimum absolute atomic E-state index is 0.139. The van der Waals surface area contributed by atoms with E-state index >= 15 is 0 Å². The van der Waals surface area contributed by atoms with E-state index in [0.29, 0.717) is 23.6 Å². The van der Waals surface area contributed by atoms with E-state index in [1.807, 2.05) is 6.07 Å². The van der Waals surface area contributed by atoms with E-state index in [1.165, 1.54) is 6.39 Å². The van der Waals surface area contributed by atoms with Crippen LogP contribution >= 0.6 is 0 Å². The molecule has 0 aliphatic rings. The van der Waals surface area contributed by atoms with Crippen LogP contribution in [0, 0.1) is 0 Å². The summed E-state index contributed by atoms with van der Waals surface area (Å²) in [4.78, 5) is 28.3. The van der Waals surface area contributed by atoms with Crippen molar-refractivity contribution in [3.63, 3.8) is 0 Å². The third-order valence-corrected chi connectivity index (χ3v) is 4.16. The summed E-state index contributed by atoms with van der Waals surface area (Å²) in [7, 11) is 0. The van der Waals surface area contributed by atoms with Gasteiger partial charge in [0.25, 0.3) is 5.91 Å². The van der Waals surface area contributed by atoms with Gasteiger partial charge in [-0.1, -0.05) is 25.5 Å². The molecule has 0 atom stereocenters. The summed E-state index contributed by atoms with van der Waals surface area (Å²) in [6, 6.07) is 14.0. The number of carbonyl (C=O) groups is 2. The van der Waals surface area contributed by atoms with E-state index < -0.39 is 0 Å². The second kappa shape index (κ2) is 10.1. The number of oxazole rings is 1. The molecular weight excluding hydrogens is 370 g/mol. The van der Waals surface area contributed by atoms with Crippen LogP contribution in [0.1, 0.15) is 30.1 Å². The fraction of sp³-hybridized carbons (Fsp3) is 0.227. The molecule has 29 heavy (non-hydrogen) atoms. The van der Waals surface area contributed by atoms with Crippen LogP contribution in [-0.2, 0) is 4.79 Å². The second-order valence-corrected chi connectivity index (χ2v) is 6.40. The summed E-state index contributed by atoms with van der Waals surface area (Å²) in [6.07, 6.45) is 4.99. The maximum Gasteiger partial charge on any atom is 0.251 e. The zero-order valence-electron chi connectivity index (χ0n) is 16.2. The number of unbranched alkanes of at least 4 members (excludes halogenated alkanes) is 1. The van der Waals surface area contributed by atoms with E-state index in [0.717, 1.165) is 24.2 Å². The lowest BCUT2D eigenvalue weighted by Gasteiger charge is -2.09. The number of anilines is 1. The number of carbonyl (C=O) groups excluding carboxylic acids is 2. The van der Waals surface area contributed by atoms with Gasteiger partial charge in [-0.05, 0) is 42.8 Å². The molecule has 3 rings (SSSR count). The number of nitrogens with one attached hydrogen (secondary N) is 2. The first-order valence-corrected chi connectivity index (χ1v) is 9.45. The van der Waals surface area contributed by atoms with Gasteiger partial charge in [-0.25, -0.2) is 4.98 Å². The fourth-order valence-corrected chi connectivity index (χ4v) is 2.61. The van der Waals surface area contributed by atoms with Crippen molar-refractivity contribution in [2.45, 2.75) is 19.8 Å².